The van der Waals surface area contributed by atoms with Crippen LogP contribution in [0.2, 0.25) is 0 Å². The Morgan fingerprint density at radius 3 is 2.75 bits per heavy atom. The summed E-state index contributed by atoms with van der Waals surface area (Å²) in [5.74, 6) is 3.43. The number of benzene rings is 2. The predicted octanol–water partition coefficient (Wildman–Crippen LogP) is 4.41. The zero-order valence-electron chi connectivity index (χ0n) is 16.1. The fourth-order valence-electron chi connectivity index (χ4n) is 3.73. The van der Waals surface area contributed by atoms with E-state index in [1.165, 1.54) is 5.56 Å². The molecule has 0 spiro atoms. The molecule has 0 unspecified atom stereocenters. The number of carbonyl (C=O) groups is 1. The van der Waals surface area contributed by atoms with E-state index in [0.29, 0.717) is 13.2 Å². The number of hydrogen-bond acceptors (Lipinski definition) is 4. The smallest absolute Gasteiger partial charge is 0.318 e. The summed E-state index contributed by atoms with van der Waals surface area (Å²) in [7, 11) is 0. The van der Waals surface area contributed by atoms with Crippen molar-refractivity contribution in [3.63, 3.8) is 0 Å². The van der Waals surface area contributed by atoms with Crippen LogP contribution in [0.1, 0.15) is 36.6 Å². The second-order valence-electron chi connectivity index (χ2n) is 7.01. The quantitative estimate of drug-likeness (QED) is 0.829. The number of amides is 2. The SMILES string of the molecule is CC[C@H](NC(=O)N1CCSC[C@@H]1c1ccccc1)c1ccc2c(c1)OCCO2. The van der Waals surface area contributed by atoms with Gasteiger partial charge >= 0.3 is 6.03 Å². The minimum Gasteiger partial charge on any atom is -0.486 e. The molecule has 0 radical (unpaired) electrons. The molecule has 0 saturated carbocycles. The minimum atomic E-state index is -0.0608. The summed E-state index contributed by atoms with van der Waals surface area (Å²) in [6.07, 6.45) is 0.810. The van der Waals surface area contributed by atoms with E-state index in [1.807, 2.05) is 53.1 Å². The van der Waals surface area contributed by atoms with Gasteiger partial charge in [0, 0.05) is 18.1 Å². The van der Waals surface area contributed by atoms with Gasteiger partial charge in [0.25, 0.3) is 0 Å². The lowest BCUT2D eigenvalue weighted by molar-refractivity contribution is 0.170. The average molecular weight is 399 g/mol. The molecule has 5 nitrogen and oxygen atoms in total. The lowest BCUT2D eigenvalue weighted by Gasteiger charge is -2.36. The molecule has 6 heteroatoms. The molecular weight excluding hydrogens is 372 g/mol. The van der Waals surface area contributed by atoms with Gasteiger partial charge in [0.1, 0.15) is 13.2 Å². The molecule has 28 heavy (non-hydrogen) atoms. The van der Waals surface area contributed by atoms with Gasteiger partial charge in [0.15, 0.2) is 11.5 Å². The monoisotopic (exact) mass is 398 g/mol. The van der Waals surface area contributed by atoms with E-state index in [0.717, 1.165) is 41.5 Å². The van der Waals surface area contributed by atoms with E-state index in [-0.39, 0.29) is 18.1 Å². The summed E-state index contributed by atoms with van der Waals surface area (Å²) in [6, 6.07) is 16.3. The Kier molecular flexibility index (Phi) is 5.95. The number of fused-ring (bicyclic) bond motifs is 1. The number of carbonyl (C=O) groups excluding carboxylic acids is 1. The molecule has 1 fully saturated rings. The summed E-state index contributed by atoms with van der Waals surface area (Å²) in [6.45, 7) is 3.98. The van der Waals surface area contributed by atoms with Gasteiger partial charge in [-0.15, -0.1) is 0 Å². The number of ether oxygens (including phenoxy) is 2. The standard InChI is InChI=1S/C22H26N2O3S/c1-2-18(17-8-9-20-21(14-17)27-12-11-26-20)23-22(25)24-10-13-28-15-19(24)16-6-4-3-5-7-16/h3-9,14,18-19H,2,10-13,15H2,1H3,(H,23,25)/t18-,19+/m0/s1. The van der Waals surface area contributed by atoms with Crippen molar-refractivity contribution in [2.75, 3.05) is 31.3 Å². The molecule has 0 aliphatic carbocycles. The maximum absolute atomic E-state index is 13.2. The van der Waals surface area contributed by atoms with E-state index in [4.69, 9.17) is 9.47 Å². The highest BCUT2D eigenvalue weighted by Gasteiger charge is 2.29. The van der Waals surface area contributed by atoms with Crippen LogP contribution in [0.4, 0.5) is 4.79 Å². The first-order chi connectivity index (χ1) is 13.8. The van der Waals surface area contributed by atoms with Gasteiger partial charge in [-0.25, -0.2) is 4.79 Å². The van der Waals surface area contributed by atoms with Gasteiger partial charge in [-0.3, -0.25) is 0 Å². The number of hydrogen-bond donors (Lipinski definition) is 1. The lowest BCUT2D eigenvalue weighted by Crippen LogP contribution is -2.47. The molecule has 2 aliphatic rings. The second-order valence-corrected chi connectivity index (χ2v) is 8.16. The van der Waals surface area contributed by atoms with E-state index in [2.05, 4.69) is 24.4 Å². The van der Waals surface area contributed by atoms with Gasteiger partial charge in [-0.2, -0.15) is 11.8 Å². The van der Waals surface area contributed by atoms with Gasteiger partial charge in [-0.05, 0) is 29.7 Å². The topological polar surface area (TPSA) is 50.8 Å². The first-order valence-corrected chi connectivity index (χ1v) is 11.0. The van der Waals surface area contributed by atoms with Crippen LogP contribution in [-0.2, 0) is 0 Å². The Bertz CT molecular complexity index is 815. The molecule has 148 valence electrons. The second kappa shape index (κ2) is 8.78. The number of nitrogens with one attached hydrogen (secondary N) is 1. The first kappa shape index (κ1) is 19.0. The Balaban J connectivity index is 1.50. The molecule has 2 aromatic carbocycles. The van der Waals surface area contributed by atoms with Gasteiger partial charge < -0.3 is 19.7 Å². The van der Waals surface area contributed by atoms with E-state index < -0.39 is 0 Å². The minimum absolute atomic E-state index is 0.00380. The van der Waals surface area contributed by atoms with Crippen LogP contribution in [-0.4, -0.2) is 42.2 Å². The number of nitrogens with zero attached hydrogens (tertiary/aromatic N) is 1. The fraction of sp³-hybridized carbons (Fsp3) is 0.409. The molecule has 1 N–H and O–H groups in total. The molecule has 4 rings (SSSR count). The zero-order chi connectivity index (χ0) is 19.3. The van der Waals surface area contributed by atoms with Gasteiger partial charge in [0.2, 0.25) is 0 Å². The van der Waals surface area contributed by atoms with Crippen LogP contribution in [0.25, 0.3) is 0 Å². The van der Waals surface area contributed by atoms with Crippen molar-refractivity contribution in [2.24, 2.45) is 0 Å². The molecule has 2 atom stereocenters. The molecule has 2 heterocycles. The molecule has 2 aromatic rings. The van der Waals surface area contributed by atoms with Crippen molar-refractivity contribution in [1.29, 1.82) is 0 Å². The molecule has 2 aliphatic heterocycles. The van der Waals surface area contributed by atoms with Crippen LogP contribution in [0, 0.1) is 0 Å². The van der Waals surface area contributed by atoms with E-state index in [1.54, 1.807) is 0 Å². The maximum Gasteiger partial charge on any atom is 0.318 e. The highest BCUT2D eigenvalue weighted by atomic mass is 32.2. The van der Waals surface area contributed by atoms with Gasteiger partial charge in [0.05, 0.1) is 12.1 Å². The van der Waals surface area contributed by atoms with Crippen molar-refractivity contribution in [3.05, 3.63) is 59.7 Å². The average Bonchev–Trinajstić information content (AvgIpc) is 2.77. The zero-order valence-corrected chi connectivity index (χ0v) is 16.9. The number of urea groups is 1. The summed E-state index contributed by atoms with van der Waals surface area (Å²) >= 11 is 1.90. The Morgan fingerprint density at radius 2 is 1.96 bits per heavy atom. The summed E-state index contributed by atoms with van der Waals surface area (Å²) < 4.78 is 11.3. The van der Waals surface area contributed by atoms with Crippen molar-refractivity contribution in [2.45, 2.75) is 25.4 Å². The highest BCUT2D eigenvalue weighted by molar-refractivity contribution is 7.99. The van der Waals surface area contributed by atoms with E-state index in [9.17, 15) is 4.79 Å². The van der Waals surface area contributed by atoms with Crippen LogP contribution in [0.5, 0.6) is 11.5 Å². The first-order valence-electron chi connectivity index (χ1n) is 9.85. The third-order valence-electron chi connectivity index (χ3n) is 5.25. The van der Waals surface area contributed by atoms with Crippen molar-refractivity contribution in [3.8, 4) is 11.5 Å². The van der Waals surface area contributed by atoms with Crippen molar-refractivity contribution < 1.29 is 14.3 Å². The summed E-state index contributed by atoms with van der Waals surface area (Å²) in [4.78, 5) is 15.1. The third-order valence-corrected chi connectivity index (χ3v) is 6.27. The van der Waals surface area contributed by atoms with Crippen LogP contribution >= 0.6 is 11.8 Å². The number of thioether (sulfide) groups is 1. The molecule has 2 amide bonds. The summed E-state index contributed by atoms with van der Waals surface area (Å²) in [5, 5.41) is 3.24. The largest absolute Gasteiger partial charge is 0.486 e. The highest BCUT2D eigenvalue weighted by Crippen LogP contribution is 2.34. The van der Waals surface area contributed by atoms with Gasteiger partial charge in [-0.1, -0.05) is 43.3 Å². The Labute approximate surface area is 170 Å². The fourth-order valence-corrected chi connectivity index (χ4v) is 4.82. The predicted molar refractivity (Wildman–Crippen MR) is 112 cm³/mol. The Hall–Kier alpha value is -2.34. The summed E-state index contributed by atoms with van der Waals surface area (Å²) in [5.41, 5.74) is 2.24. The van der Waals surface area contributed by atoms with Crippen LogP contribution < -0.4 is 14.8 Å². The van der Waals surface area contributed by atoms with Crippen molar-refractivity contribution >= 4 is 17.8 Å². The third kappa shape index (κ3) is 4.07. The van der Waals surface area contributed by atoms with E-state index >= 15 is 0 Å². The molecular formula is C22H26N2O3S. The van der Waals surface area contributed by atoms with Crippen molar-refractivity contribution in [1.82, 2.24) is 10.2 Å². The van der Waals surface area contributed by atoms with Crippen LogP contribution in [0.15, 0.2) is 48.5 Å². The normalized spacial score (nSPS) is 19.8. The molecule has 0 bridgehead atoms. The maximum atomic E-state index is 13.2. The number of rotatable bonds is 4. The Morgan fingerprint density at radius 1 is 1.18 bits per heavy atom. The van der Waals surface area contributed by atoms with Crippen LogP contribution in [0.3, 0.4) is 0 Å². The molecule has 0 aromatic heterocycles. The lowest BCUT2D eigenvalue weighted by atomic mass is 10.0. The molecule has 1 saturated heterocycles.